The minimum atomic E-state index is -0.728. The molecule has 0 aromatic rings. The molecule has 4 rings (SSSR count). The molecule has 0 aliphatic heterocycles. The van der Waals surface area contributed by atoms with Crippen LogP contribution in [0.4, 0.5) is 0 Å². The van der Waals surface area contributed by atoms with Crippen molar-refractivity contribution in [3.05, 3.63) is 10.5 Å². The third-order valence-electron chi connectivity index (χ3n) is 5.04. The van der Waals surface area contributed by atoms with Gasteiger partial charge in [-0.15, -0.1) is 11.8 Å². The molecule has 0 spiro atoms. The first-order valence-electron chi connectivity index (χ1n) is 7.12. The van der Waals surface area contributed by atoms with E-state index in [1.54, 1.807) is 11.8 Å². The number of rotatable bonds is 3. The Bertz CT molecular complexity index is 367. The summed E-state index contributed by atoms with van der Waals surface area (Å²) >= 11 is 1.68. The lowest BCUT2D eigenvalue weighted by molar-refractivity contribution is -0.131. The largest absolute Gasteiger partial charge is 0.477 e. The van der Waals surface area contributed by atoms with E-state index < -0.39 is 5.97 Å². The lowest BCUT2D eigenvalue weighted by Crippen LogP contribution is -2.46. The van der Waals surface area contributed by atoms with E-state index in [0.29, 0.717) is 10.2 Å². The second-order valence-electron chi connectivity index (χ2n) is 6.65. The van der Waals surface area contributed by atoms with Crippen molar-refractivity contribution in [2.24, 2.45) is 23.7 Å². The fourth-order valence-corrected chi connectivity index (χ4v) is 6.02. The second kappa shape index (κ2) is 4.59. The van der Waals surface area contributed by atoms with Crippen LogP contribution in [0.1, 0.15) is 46.0 Å². The topological polar surface area (TPSA) is 37.3 Å². The molecule has 0 amide bonds. The Morgan fingerprint density at radius 3 is 1.89 bits per heavy atom. The summed E-state index contributed by atoms with van der Waals surface area (Å²) in [6.45, 7) is 3.85. The third kappa shape index (κ3) is 2.11. The highest BCUT2D eigenvalue weighted by molar-refractivity contribution is 8.04. The van der Waals surface area contributed by atoms with Gasteiger partial charge in [0.25, 0.3) is 0 Å². The summed E-state index contributed by atoms with van der Waals surface area (Å²) in [6, 6.07) is 0. The molecule has 4 bridgehead atoms. The number of carboxylic acid groups (broad SMARTS) is 1. The van der Waals surface area contributed by atoms with Gasteiger partial charge in [0.15, 0.2) is 0 Å². The summed E-state index contributed by atoms with van der Waals surface area (Å²) in [5.41, 5.74) is 0.960. The van der Waals surface area contributed by atoms with Crippen LogP contribution in [-0.2, 0) is 4.79 Å². The Morgan fingerprint density at radius 2 is 1.50 bits per heavy atom. The highest BCUT2D eigenvalue weighted by Crippen LogP contribution is 2.58. The van der Waals surface area contributed by atoms with E-state index in [4.69, 9.17) is 0 Å². The quantitative estimate of drug-likeness (QED) is 0.787. The maximum atomic E-state index is 11.3. The van der Waals surface area contributed by atoms with E-state index in [-0.39, 0.29) is 0 Å². The molecule has 0 unspecified atom stereocenters. The van der Waals surface area contributed by atoms with Gasteiger partial charge in [0.05, 0.1) is 4.91 Å². The van der Waals surface area contributed by atoms with Crippen molar-refractivity contribution in [1.29, 1.82) is 0 Å². The van der Waals surface area contributed by atoms with Crippen molar-refractivity contribution in [2.45, 2.75) is 51.2 Å². The van der Waals surface area contributed by atoms with E-state index >= 15 is 0 Å². The number of allylic oxidation sites excluding steroid dienone is 1. The predicted octanol–water partition coefficient (Wildman–Crippen LogP) is 3.92. The number of thioether (sulfide) groups is 1. The van der Waals surface area contributed by atoms with Crippen LogP contribution in [-0.4, -0.2) is 16.3 Å². The summed E-state index contributed by atoms with van der Waals surface area (Å²) in [4.78, 5) is 11.9. The summed E-state index contributed by atoms with van der Waals surface area (Å²) in [6.07, 6.45) is 6.90. The van der Waals surface area contributed by atoms with Crippen molar-refractivity contribution in [3.8, 4) is 0 Å². The lowest BCUT2D eigenvalue weighted by atomic mass is 9.56. The van der Waals surface area contributed by atoms with E-state index in [2.05, 4.69) is 0 Å². The van der Waals surface area contributed by atoms with Crippen LogP contribution in [0.5, 0.6) is 0 Å². The van der Waals surface area contributed by atoms with Gasteiger partial charge in [-0.05, 0) is 69.6 Å². The molecular weight excluding hydrogens is 244 g/mol. The Labute approximate surface area is 113 Å². The van der Waals surface area contributed by atoms with Crippen molar-refractivity contribution in [1.82, 2.24) is 0 Å². The first-order chi connectivity index (χ1) is 8.54. The monoisotopic (exact) mass is 266 g/mol. The first-order valence-corrected chi connectivity index (χ1v) is 8.00. The van der Waals surface area contributed by atoms with Gasteiger partial charge in [-0.1, -0.05) is 5.57 Å². The van der Waals surface area contributed by atoms with E-state index in [1.807, 2.05) is 13.8 Å². The minimum absolute atomic E-state index is 0.582. The molecule has 100 valence electrons. The molecule has 4 saturated carbocycles. The summed E-state index contributed by atoms with van der Waals surface area (Å²) in [7, 11) is 0. The molecule has 0 heterocycles. The number of carbonyl (C=O) groups is 1. The van der Waals surface area contributed by atoms with Gasteiger partial charge in [-0.2, -0.15) is 0 Å². The second-order valence-corrected chi connectivity index (χ2v) is 7.84. The fourth-order valence-electron chi connectivity index (χ4n) is 4.59. The zero-order valence-corrected chi connectivity index (χ0v) is 12.0. The van der Waals surface area contributed by atoms with Crippen molar-refractivity contribution >= 4 is 17.7 Å². The van der Waals surface area contributed by atoms with Gasteiger partial charge < -0.3 is 5.11 Å². The summed E-state index contributed by atoms with van der Waals surface area (Å²) < 4.78 is 0. The van der Waals surface area contributed by atoms with Crippen LogP contribution in [0.25, 0.3) is 0 Å². The van der Waals surface area contributed by atoms with Crippen LogP contribution in [0.3, 0.4) is 0 Å². The maximum absolute atomic E-state index is 11.3. The predicted molar refractivity (Wildman–Crippen MR) is 74.4 cm³/mol. The number of carboxylic acids is 1. The van der Waals surface area contributed by atoms with Gasteiger partial charge in [0, 0.05) is 5.25 Å². The van der Waals surface area contributed by atoms with E-state index in [0.717, 1.165) is 29.2 Å². The highest BCUT2D eigenvalue weighted by atomic mass is 32.2. The maximum Gasteiger partial charge on any atom is 0.342 e. The highest BCUT2D eigenvalue weighted by Gasteiger charge is 2.48. The van der Waals surface area contributed by atoms with Gasteiger partial charge in [0.2, 0.25) is 0 Å². The van der Waals surface area contributed by atoms with E-state index in [9.17, 15) is 9.90 Å². The molecule has 2 nitrogen and oxygen atoms in total. The van der Waals surface area contributed by atoms with Crippen LogP contribution in [0.2, 0.25) is 0 Å². The molecule has 0 saturated heterocycles. The van der Waals surface area contributed by atoms with Crippen LogP contribution < -0.4 is 0 Å². The SMILES string of the molecule is CC(C)=C(SC1C2CC3CC(C2)CC1C3)C(=O)O. The Kier molecular flexibility index (Phi) is 3.21. The average Bonchev–Trinajstić information content (AvgIpc) is 2.25. The fraction of sp³-hybridized carbons (Fsp3) is 0.800. The molecule has 0 radical (unpaired) electrons. The molecule has 0 atom stereocenters. The van der Waals surface area contributed by atoms with Crippen molar-refractivity contribution in [2.75, 3.05) is 0 Å². The molecule has 18 heavy (non-hydrogen) atoms. The molecule has 0 aromatic carbocycles. The zero-order valence-electron chi connectivity index (χ0n) is 11.2. The lowest BCUT2D eigenvalue weighted by Gasteiger charge is -2.54. The Morgan fingerprint density at radius 1 is 1.00 bits per heavy atom. The number of aliphatic carboxylic acids is 1. The number of hydrogen-bond acceptors (Lipinski definition) is 2. The Balaban J connectivity index is 1.77. The molecule has 3 heteroatoms. The Hall–Kier alpha value is -0.440. The average molecular weight is 266 g/mol. The molecule has 1 N–H and O–H groups in total. The van der Waals surface area contributed by atoms with Gasteiger partial charge >= 0.3 is 5.97 Å². The van der Waals surface area contributed by atoms with Crippen LogP contribution in [0.15, 0.2) is 10.5 Å². The van der Waals surface area contributed by atoms with Crippen molar-refractivity contribution < 1.29 is 9.90 Å². The molecule has 0 aromatic heterocycles. The van der Waals surface area contributed by atoms with Gasteiger partial charge in [-0.3, -0.25) is 0 Å². The standard InChI is InChI=1S/C15H22O2S/c1-8(2)13(15(16)17)18-14-11-4-9-3-10(6-11)7-12(14)5-9/h9-12,14H,3-7H2,1-2H3,(H,16,17). The van der Waals surface area contributed by atoms with E-state index in [1.165, 1.54) is 32.1 Å². The van der Waals surface area contributed by atoms with Gasteiger partial charge in [-0.25, -0.2) is 4.79 Å². The zero-order chi connectivity index (χ0) is 12.9. The normalized spacial score (nSPS) is 40.9. The van der Waals surface area contributed by atoms with Crippen LogP contribution >= 0.6 is 11.8 Å². The van der Waals surface area contributed by atoms with Gasteiger partial charge in [0.1, 0.15) is 0 Å². The minimum Gasteiger partial charge on any atom is -0.477 e. The first kappa shape index (κ1) is 12.6. The summed E-state index contributed by atoms with van der Waals surface area (Å²) in [5.74, 6) is 2.78. The third-order valence-corrected chi connectivity index (χ3v) is 6.90. The smallest absolute Gasteiger partial charge is 0.342 e. The molecule has 4 aliphatic rings. The molecule has 4 fully saturated rings. The molecular formula is C15H22O2S. The molecule has 4 aliphatic carbocycles. The van der Waals surface area contributed by atoms with Crippen molar-refractivity contribution in [3.63, 3.8) is 0 Å². The van der Waals surface area contributed by atoms with Crippen LogP contribution in [0, 0.1) is 23.7 Å². The number of hydrogen-bond donors (Lipinski definition) is 1. The summed E-state index contributed by atoms with van der Waals surface area (Å²) in [5, 5.41) is 9.90.